The molecule has 1 atom stereocenters. The van der Waals surface area contributed by atoms with Crippen LogP contribution >= 0.6 is 0 Å². The van der Waals surface area contributed by atoms with Crippen LogP contribution in [-0.2, 0) is 19.0 Å². The molecule has 0 aromatic heterocycles. The van der Waals surface area contributed by atoms with Crippen LogP contribution in [0.4, 0.5) is 4.79 Å². The maximum Gasteiger partial charge on any atom is 0.411 e. The molecule has 0 radical (unpaired) electrons. The Morgan fingerprint density at radius 1 is 0.619 bits per heavy atom. The molecule has 1 amide bonds. The van der Waals surface area contributed by atoms with Crippen LogP contribution in [0.25, 0.3) is 0 Å². The van der Waals surface area contributed by atoms with Gasteiger partial charge in [-0.2, -0.15) is 0 Å². The molecule has 248 valence electrons. The Labute approximate surface area is 260 Å². The first kappa shape index (κ1) is 40.3. The second kappa shape index (κ2) is 26.9. The molecule has 0 spiro atoms. The van der Waals surface area contributed by atoms with E-state index in [1.165, 1.54) is 135 Å². The van der Waals surface area contributed by atoms with Crippen LogP contribution in [0.2, 0.25) is 0 Å². The summed E-state index contributed by atoms with van der Waals surface area (Å²) in [6.07, 6.45) is 32.7. The second-order valence-corrected chi connectivity index (χ2v) is 12.9. The van der Waals surface area contributed by atoms with Gasteiger partial charge in [0.15, 0.2) is 0 Å². The van der Waals surface area contributed by atoms with E-state index in [9.17, 15) is 9.59 Å². The Bertz CT molecular complexity index is 672. The number of hydrogen-bond acceptors (Lipinski definition) is 5. The molecule has 0 heterocycles. The van der Waals surface area contributed by atoms with E-state index in [1.54, 1.807) is 34.6 Å². The number of amides is 1. The van der Waals surface area contributed by atoms with Gasteiger partial charge in [-0.05, 0) is 46.6 Å². The summed E-state index contributed by atoms with van der Waals surface area (Å²) in [7, 11) is 0. The number of unbranched alkanes of at least 4 members (excludes halogenated alkanes) is 21. The van der Waals surface area contributed by atoms with Crippen LogP contribution in [-0.4, -0.2) is 30.0 Å². The first-order chi connectivity index (χ1) is 20.2. The van der Waals surface area contributed by atoms with Crippen molar-refractivity contribution in [3.63, 3.8) is 0 Å². The van der Waals surface area contributed by atoms with Crippen molar-refractivity contribution in [3.8, 4) is 0 Å². The van der Waals surface area contributed by atoms with E-state index >= 15 is 0 Å². The van der Waals surface area contributed by atoms with Crippen LogP contribution in [0.1, 0.15) is 189 Å². The third kappa shape index (κ3) is 23.8. The number of allylic oxidation sites excluding steroid dienone is 1. The smallest absolute Gasteiger partial charge is 0.411 e. The molecule has 6 heteroatoms. The normalized spacial score (nSPS) is 13.2. The fraction of sp³-hybridized carbons (Fsp3) is 0.889. The van der Waals surface area contributed by atoms with E-state index in [4.69, 9.17) is 14.2 Å². The Morgan fingerprint density at radius 3 is 1.38 bits per heavy atom. The topological polar surface area (TPSA) is 73.9 Å². The average molecular weight is 596 g/mol. The van der Waals surface area contributed by atoms with Crippen LogP contribution in [0, 0.1) is 0 Å². The number of carbonyl (C=O) groups excluding carboxylic acids is 2. The summed E-state index contributed by atoms with van der Waals surface area (Å²) >= 11 is 0. The molecule has 0 aromatic rings. The largest absolute Gasteiger partial charge is 0.465 e. The average Bonchev–Trinajstić information content (AvgIpc) is 2.93. The molecule has 42 heavy (non-hydrogen) atoms. The number of hydrogen-bond donors (Lipinski definition) is 1. The zero-order valence-electron chi connectivity index (χ0n) is 28.7. The third-order valence-corrected chi connectivity index (χ3v) is 7.65. The molecule has 0 bridgehead atoms. The lowest BCUT2D eigenvalue weighted by atomic mass is 10.0. The third-order valence-electron chi connectivity index (χ3n) is 7.65. The van der Waals surface area contributed by atoms with Gasteiger partial charge < -0.3 is 14.2 Å². The van der Waals surface area contributed by atoms with Crippen molar-refractivity contribution in [1.29, 1.82) is 0 Å². The quantitative estimate of drug-likeness (QED) is 0.0421. The Hall–Kier alpha value is -1.72. The molecule has 0 fully saturated rings. The van der Waals surface area contributed by atoms with Crippen molar-refractivity contribution in [2.75, 3.05) is 6.61 Å². The maximum atomic E-state index is 12.6. The van der Waals surface area contributed by atoms with E-state index < -0.39 is 23.4 Å². The molecule has 0 aromatic carbocycles. The van der Waals surface area contributed by atoms with E-state index in [2.05, 4.69) is 12.2 Å². The van der Waals surface area contributed by atoms with Crippen LogP contribution < -0.4 is 5.32 Å². The predicted molar refractivity (Wildman–Crippen MR) is 176 cm³/mol. The van der Waals surface area contributed by atoms with Gasteiger partial charge in [-0.15, -0.1) is 0 Å². The second-order valence-electron chi connectivity index (χ2n) is 12.9. The van der Waals surface area contributed by atoms with E-state index in [1.807, 2.05) is 6.08 Å². The minimum atomic E-state index is -1.60. The zero-order chi connectivity index (χ0) is 31.4. The van der Waals surface area contributed by atoms with E-state index in [0.29, 0.717) is 0 Å². The summed E-state index contributed by atoms with van der Waals surface area (Å²) in [5.41, 5.74) is -2.28. The molecule has 0 saturated carbocycles. The Balaban J connectivity index is 3.79. The summed E-state index contributed by atoms with van der Waals surface area (Å²) in [4.78, 5) is 24.9. The summed E-state index contributed by atoms with van der Waals surface area (Å²) in [5.74, 6) is -0.628. The first-order valence-electron chi connectivity index (χ1n) is 17.7. The highest BCUT2D eigenvalue weighted by Crippen LogP contribution is 2.19. The molecule has 6 nitrogen and oxygen atoms in total. The highest BCUT2D eigenvalue weighted by molar-refractivity contribution is 5.84. The lowest BCUT2D eigenvalue weighted by Crippen LogP contribution is -2.57. The van der Waals surface area contributed by atoms with Gasteiger partial charge in [0.05, 0.1) is 12.9 Å². The summed E-state index contributed by atoms with van der Waals surface area (Å²) in [6.45, 7) is 11.3. The van der Waals surface area contributed by atoms with Crippen LogP contribution in [0.3, 0.4) is 0 Å². The number of ether oxygens (including phenoxy) is 3. The molecule has 0 aliphatic heterocycles. The molecule has 0 aliphatic rings. The van der Waals surface area contributed by atoms with Gasteiger partial charge in [-0.25, -0.2) is 9.59 Å². The molecule has 0 aliphatic carbocycles. The summed E-state index contributed by atoms with van der Waals surface area (Å²) in [6, 6.07) is 0. The molecule has 0 rings (SSSR count). The van der Waals surface area contributed by atoms with Crippen molar-refractivity contribution in [2.24, 2.45) is 0 Å². The molecule has 0 saturated heterocycles. The minimum absolute atomic E-state index is 0.198. The fourth-order valence-electron chi connectivity index (χ4n) is 5.09. The minimum Gasteiger partial charge on any atom is -0.465 e. The van der Waals surface area contributed by atoms with Gasteiger partial charge >= 0.3 is 12.1 Å². The number of rotatable bonds is 28. The van der Waals surface area contributed by atoms with Gasteiger partial charge in [0, 0.05) is 6.42 Å². The van der Waals surface area contributed by atoms with Gasteiger partial charge in [-0.1, -0.05) is 142 Å². The van der Waals surface area contributed by atoms with Crippen molar-refractivity contribution in [3.05, 3.63) is 12.3 Å². The Kier molecular flexibility index (Phi) is 25.8. The number of carbonyl (C=O) groups is 2. The van der Waals surface area contributed by atoms with E-state index in [-0.39, 0.29) is 13.0 Å². The van der Waals surface area contributed by atoms with Crippen molar-refractivity contribution in [1.82, 2.24) is 5.32 Å². The van der Waals surface area contributed by atoms with Crippen LogP contribution in [0.5, 0.6) is 0 Å². The number of esters is 1. The maximum absolute atomic E-state index is 12.6. The molecular formula is C36H69NO5. The van der Waals surface area contributed by atoms with Gasteiger partial charge in [0.2, 0.25) is 0 Å². The first-order valence-corrected chi connectivity index (χ1v) is 17.7. The predicted octanol–water partition coefficient (Wildman–Crippen LogP) is 11.3. The lowest BCUT2D eigenvalue weighted by molar-refractivity contribution is -0.169. The highest BCUT2D eigenvalue weighted by atomic mass is 16.6. The van der Waals surface area contributed by atoms with E-state index in [0.717, 1.165) is 12.8 Å². The molecule has 1 N–H and O–H groups in total. The highest BCUT2D eigenvalue weighted by Gasteiger charge is 2.43. The fourth-order valence-corrected chi connectivity index (χ4v) is 5.09. The van der Waals surface area contributed by atoms with Crippen molar-refractivity contribution in [2.45, 2.75) is 201 Å². The number of alkyl carbamates (subject to hydrolysis) is 1. The van der Waals surface area contributed by atoms with Crippen molar-refractivity contribution < 1.29 is 23.8 Å². The molecular weight excluding hydrogens is 526 g/mol. The standard InChI is InChI=1S/C36H69NO5/c1-7-10-11-12-13-14-15-16-17-18-19-20-21-22-23-24-25-26-27-28-29-30-31-32-41-36(8-2,33(38)40-9-3)37-34(39)42-35(4,5)6/h31-32H,7-30H2,1-6H3,(H,37,39)/b32-31-. The van der Waals surface area contributed by atoms with Crippen molar-refractivity contribution >= 4 is 12.1 Å². The monoisotopic (exact) mass is 596 g/mol. The number of nitrogens with one attached hydrogen (secondary N) is 1. The van der Waals surface area contributed by atoms with Gasteiger partial charge in [0.25, 0.3) is 5.72 Å². The summed E-state index contributed by atoms with van der Waals surface area (Å²) < 4.78 is 16.2. The molecule has 1 unspecified atom stereocenters. The SMILES string of the molecule is CCCCCCCCCCCCCCCCCCCCCCC/C=C\OC(CC)(NC(=O)OC(C)(C)C)C(=O)OCC. The van der Waals surface area contributed by atoms with Gasteiger partial charge in [-0.3, -0.25) is 5.32 Å². The Morgan fingerprint density at radius 2 is 1.02 bits per heavy atom. The van der Waals surface area contributed by atoms with Crippen LogP contribution in [0.15, 0.2) is 12.3 Å². The lowest BCUT2D eigenvalue weighted by Gasteiger charge is -2.31. The van der Waals surface area contributed by atoms with Gasteiger partial charge in [0.1, 0.15) is 5.60 Å². The zero-order valence-corrected chi connectivity index (χ0v) is 28.7. The summed E-state index contributed by atoms with van der Waals surface area (Å²) in [5, 5.41) is 2.58.